The second kappa shape index (κ2) is 6.63. The maximum Gasteiger partial charge on any atom is 0.270 e. The summed E-state index contributed by atoms with van der Waals surface area (Å²) in [5, 5.41) is 11.9. The molecule has 1 aliphatic rings. The van der Waals surface area contributed by atoms with Gasteiger partial charge in [0.1, 0.15) is 11.3 Å². The number of fused-ring (bicyclic) bond motifs is 3. The van der Waals surface area contributed by atoms with Gasteiger partial charge in [0.25, 0.3) is 15.7 Å². The molecule has 1 N–H and O–H groups in total. The first-order valence-electron chi connectivity index (χ1n) is 9.07. The fourth-order valence-corrected chi connectivity index (χ4v) is 5.03. The molecule has 1 aromatic heterocycles. The second-order valence-corrected chi connectivity index (χ2v) is 9.03. The maximum absolute atomic E-state index is 12.9. The number of nitro groups is 1. The third-order valence-electron chi connectivity index (χ3n) is 5.22. The predicted molar refractivity (Wildman–Crippen MR) is 106 cm³/mol. The van der Waals surface area contributed by atoms with Gasteiger partial charge in [-0.1, -0.05) is 13.0 Å². The normalized spacial score (nSPS) is 16.7. The summed E-state index contributed by atoms with van der Waals surface area (Å²) in [6.45, 7) is 3.80. The number of sulfonamides is 1. The number of nitrogens with zero attached hydrogens (tertiary/aromatic N) is 1. The SMILES string of the molecule is Cc1ccc([N+](=O)[O-])cc1S(=O)(=O)Nc1ccc2oc3c(c2c1)CC(C)CC3. The number of hydrogen-bond donors (Lipinski definition) is 1. The first-order chi connectivity index (χ1) is 13.2. The standard InChI is InChI=1S/C20H20N2O5S/c1-12-3-7-18-16(9-12)17-10-14(5-8-19(17)27-18)21-28(25,26)20-11-15(22(23)24)6-4-13(20)2/h4-6,8,10-12,21H,3,7,9H2,1-2H3. The van der Waals surface area contributed by atoms with Crippen LogP contribution in [0.3, 0.4) is 0 Å². The molecule has 0 radical (unpaired) electrons. The minimum Gasteiger partial charge on any atom is -0.461 e. The van der Waals surface area contributed by atoms with Crippen molar-refractivity contribution in [3.63, 3.8) is 0 Å². The number of anilines is 1. The number of aryl methyl sites for hydroxylation is 2. The first kappa shape index (κ1) is 18.5. The molecule has 0 aliphatic heterocycles. The van der Waals surface area contributed by atoms with Gasteiger partial charge in [-0.15, -0.1) is 0 Å². The largest absolute Gasteiger partial charge is 0.461 e. The van der Waals surface area contributed by atoms with Crippen molar-refractivity contribution in [1.82, 2.24) is 0 Å². The van der Waals surface area contributed by atoms with Crippen LogP contribution in [0.4, 0.5) is 11.4 Å². The van der Waals surface area contributed by atoms with E-state index >= 15 is 0 Å². The highest BCUT2D eigenvalue weighted by atomic mass is 32.2. The molecule has 1 heterocycles. The highest BCUT2D eigenvalue weighted by Crippen LogP contribution is 2.35. The molecule has 7 nitrogen and oxygen atoms in total. The number of nitro benzene ring substituents is 1. The van der Waals surface area contributed by atoms with E-state index in [4.69, 9.17) is 4.42 Å². The molecular formula is C20H20N2O5S. The molecule has 2 aromatic carbocycles. The number of non-ortho nitro benzene ring substituents is 1. The van der Waals surface area contributed by atoms with Crippen LogP contribution in [0.15, 0.2) is 45.7 Å². The molecule has 0 amide bonds. The lowest BCUT2D eigenvalue weighted by Gasteiger charge is -2.16. The van der Waals surface area contributed by atoms with Gasteiger partial charge in [0.15, 0.2) is 0 Å². The van der Waals surface area contributed by atoms with Crippen LogP contribution < -0.4 is 4.72 Å². The van der Waals surface area contributed by atoms with E-state index in [1.54, 1.807) is 25.1 Å². The molecule has 28 heavy (non-hydrogen) atoms. The zero-order chi connectivity index (χ0) is 20.1. The molecule has 0 spiro atoms. The minimum absolute atomic E-state index is 0.107. The van der Waals surface area contributed by atoms with Crippen LogP contribution in [-0.4, -0.2) is 13.3 Å². The summed E-state index contributed by atoms with van der Waals surface area (Å²) in [6.07, 6.45) is 2.88. The van der Waals surface area contributed by atoms with Crippen molar-refractivity contribution < 1.29 is 17.8 Å². The fourth-order valence-electron chi connectivity index (χ4n) is 3.72. The molecule has 0 saturated carbocycles. The Labute approximate surface area is 162 Å². The summed E-state index contributed by atoms with van der Waals surface area (Å²) < 4.78 is 34.2. The zero-order valence-electron chi connectivity index (χ0n) is 15.6. The van der Waals surface area contributed by atoms with Crippen molar-refractivity contribution in [1.29, 1.82) is 0 Å². The Bertz CT molecular complexity index is 1200. The van der Waals surface area contributed by atoms with E-state index in [1.807, 2.05) is 0 Å². The molecule has 0 saturated heterocycles. The minimum atomic E-state index is -3.97. The zero-order valence-corrected chi connectivity index (χ0v) is 16.4. The Morgan fingerprint density at radius 2 is 2.00 bits per heavy atom. The van der Waals surface area contributed by atoms with Gasteiger partial charge in [-0.25, -0.2) is 8.42 Å². The molecule has 0 fully saturated rings. The third-order valence-corrected chi connectivity index (χ3v) is 6.74. The van der Waals surface area contributed by atoms with E-state index in [0.717, 1.165) is 47.6 Å². The Kier molecular flexibility index (Phi) is 4.38. The van der Waals surface area contributed by atoms with Crippen LogP contribution in [0.5, 0.6) is 0 Å². The van der Waals surface area contributed by atoms with E-state index in [9.17, 15) is 18.5 Å². The first-order valence-corrected chi connectivity index (χ1v) is 10.5. The number of nitrogens with one attached hydrogen (secondary N) is 1. The number of rotatable bonds is 4. The average molecular weight is 400 g/mol. The monoisotopic (exact) mass is 400 g/mol. The molecule has 1 unspecified atom stereocenters. The van der Waals surface area contributed by atoms with Gasteiger partial charge in [0.05, 0.1) is 9.82 Å². The van der Waals surface area contributed by atoms with Crippen molar-refractivity contribution in [2.45, 2.75) is 38.0 Å². The average Bonchev–Trinajstić information content (AvgIpc) is 2.98. The summed E-state index contributed by atoms with van der Waals surface area (Å²) in [5.74, 6) is 1.53. The smallest absolute Gasteiger partial charge is 0.270 e. The van der Waals surface area contributed by atoms with Crippen molar-refractivity contribution in [2.75, 3.05) is 4.72 Å². The van der Waals surface area contributed by atoms with Crippen molar-refractivity contribution in [2.24, 2.45) is 5.92 Å². The lowest BCUT2D eigenvalue weighted by atomic mass is 9.88. The molecule has 146 valence electrons. The Hall–Kier alpha value is -2.87. The summed E-state index contributed by atoms with van der Waals surface area (Å²) in [6, 6.07) is 8.99. The van der Waals surface area contributed by atoms with E-state index in [0.29, 0.717) is 17.2 Å². The molecule has 3 aromatic rings. The van der Waals surface area contributed by atoms with Crippen LogP contribution in [0.2, 0.25) is 0 Å². The third kappa shape index (κ3) is 3.24. The highest BCUT2D eigenvalue weighted by Gasteiger charge is 2.24. The molecular weight excluding hydrogens is 380 g/mol. The highest BCUT2D eigenvalue weighted by molar-refractivity contribution is 7.92. The Balaban J connectivity index is 1.72. The van der Waals surface area contributed by atoms with Crippen LogP contribution in [0.25, 0.3) is 11.0 Å². The van der Waals surface area contributed by atoms with Crippen LogP contribution >= 0.6 is 0 Å². The summed E-state index contributed by atoms with van der Waals surface area (Å²) in [7, 11) is -3.97. The fraction of sp³-hybridized carbons (Fsp3) is 0.300. The van der Waals surface area contributed by atoms with Crippen LogP contribution in [0, 0.1) is 23.0 Å². The van der Waals surface area contributed by atoms with Gasteiger partial charge in [-0.2, -0.15) is 0 Å². The van der Waals surface area contributed by atoms with E-state index < -0.39 is 14.9 Å². The molecule has 4 rings (SSSR count). The van der Waals surface area contributed by atoms with Crippen molar-refractivity contribution in [3.8, 4) is 0 Å². The van der Waals surface area contributed by atoms with Gasteiger partial charge in [-0.05, 0) is 49.4 Å². The van der Waals surface area contributed by atoms with Crippen LogP contribution in [0.1, 0.15) is 30.2 Å². The van der Waals surface area contributed by atoms with Crippen molar-refractivity contribution >= 4 is 32.4 Å². The van der Waals surface area contributed by atoms with Gasteiger partial charge >= 0.3 is 0 Å². The molecule has 1 atom stereocenters. The quantitative estimate of drug-likeness (QED) is 0.510. The maximum atomic E-state index is 12.9. The topological polar surface area (TPSA) is 102 Å². The van der Waals surface area contributed by atoms with E-state index in [2.05, 4.69) is 11.6 Å². The number of hydrogen-bond acceptors (Lipinski definition) is 5. The van der Waals surface area contributed by atoms with Gasteiger partial charge in [0.2, 0.25) is 0 Å². The second-order valence-electron chi connectivity index (χ2n) is 7.38. The number of furan rings is 1. The molecule has 1 aliphatic carbocycles. The summed E-state index contributed by atoms with van der Waals surface area (Å²) in [5.41, 5.74) is 2.46. The predicted octanol–water partition coefficient (Wildman–Crippen LogP) is 4.58. The molecule has 0 bridgehead atoms. The summed E-state index contributed by atoms with van der Waals surface area (Å²) in [4.78, 5) is 10.3. The lowest BCUT2D eigenvalue weighted by molar-refractivity contribution is -0.385. The van der Waals surface area contributed by atoms with E-state index in [1.165, 1.54) is 12.1 Å². The Morgan fingerprint density at radius 3 is 2.75 bits per heavy atom. The van der Waals surface area contributed by atoms with Gasteiger partial charge < -0.3 is 4.42 Å². The Morgan fingerprint density at radius 1 is 1.21 bits per heavy atom. The molecule has 8 heteroatoms. The van der Waals surface area contributed by atoms with Crippen molar-refractivity contribution in [3.05, 3.63) is 63.4 Å². The number of benzene rings is 2. The van der Waals surface area contributed by atoms with Gasteiger partial charge in [-0.3, -0.25) is 14.8 Å². The van der Waals surface area contributed by atoms with E-state index in [-0.39, 0.29) is 10.6 Å². The lowest BCUT2D eigenvalue weighted by Crippen LogP contribution is -2.14. The van der Waals surface area contributed by atoms with Gasteiger partial charge in [0, 0.05) is 35.2 Å². The summed E-state index contributed by atoms with van der Waals surface area (Å²) >= 11 is 0. The van der Waals surface area contributed by atoms with Crippen LogP contribution in [-0.2, 0) is 22.9 Å².